The second-order valence-electron chi connectivity index (χ2n) is 3.60. The molecule has 1 heterocycles. The van der Waals surface area contributed by atoms with E-state index in [1.165, 1.54) is 30.6 Å². The predicted molar refractivity (Wildman–Crippen MR) is 75.8 cm³/mol. The van der Waals surface area contributed by atoms with Crippen molar-refractivity contribution < 1.29 is 9.72 Å². The normalized spacial score (nSPS) is 10.1. The van der Waals surface area contributed by atoms with Crippen molar-refractivity contribution >= 4 is 44.8 Å². The number of carbonyl (C=O) groups excluding carboxylic acids is 1. The van der Waals surface area contributed by atoms with E-state index in [-0.39, 0.29) is 22.2 Å². The van der Waals surface area contributed by atoms with E-state index in [9.17, 15) is 14.9 Å². The molecule has 1 aromatic heterocycles. The first-order valence-electron chi connectivity index (χ1n) is 5.20. The van der Waals surface area contributed by atoms with Crippen molar-refractivity contribution in [1.82, 2.24) is 9.97 Å². The van der Waals surface area contributed by atoms with Crippen molar-refractivity contribution in [2.24, 2.45) is 0 Å². The van der Waals surface area contributed by atoms with Gasteiger partial charge in [-0.2, -0.15) is 0 Å². The lowest BCUT2D eigenvalue weighted by Crippen LogP contribution is -2.14. The highest BCUT2D eigenvalue weighted by Crippen LogP contribution is 2.27. The number of carbonyl (C=O) groups is 1. The summed E-state index contributed by atoms with van der Waals surface area (Å²) in [6.07, 6.45) is 2.45. The van der Waals surface area contributed by atoms with Crippen molar-refractivity contribution in [3.05, 3.63) is 56.0 Å². The summed E-state index contributed by atoms with van der Waals surface area (Å²) in [7, 11) is 0. The van der Waals surface area contributed by atoms with Crippen LogP contribution in [0.15, 0.2) is 35.1 Å². The number of hydrogen-bond donors (Lipinski definition) is 1. The van der Waals surface area contributed by atoms with Crippen LogP contribution in [-0.2, 0) is 0 Å². The topological polar surface area (TPSA) is 98.0 Å². The van der Waals surface area contributed by atoms with Gasteiger partial charge < -0.3 is 5.32 Å². The van der Waals surface area contributed by atoms with Gasteiger partial charge in [-0.25, -0.2) is 9.97 Å². The molecule has 1 N–H and O–H groups in total. The van der Waals surface area contributed by atoms with Gasteiger partial charge in [-0.3, -0.25) is 14.9 Å². The van der Waals surface area contributed by atoms with E-state index >= 15 is 0 Å². The van der Waals surface area contributed by atoms with E-state index in [2.05, 4.69) is 31.2 Å². The second-order valence-corrected chi connectivity index (χ2v) is 4.84. The fourth-order valence-electron chi connectivity index (χ4n) is 1.34. The smallest absolute Gasteiger partial charge is 0.275 e. The first-order chi connectivity index (χ1) is 9.47. The number of amides is 1. The molecule has 0 aliphatic rings. The average molecular weight is 358 g/mol. The number of nitro groups is 1. The number of anilines is 1. The fraction of sp³-hybridized carbons (Fsp3) is 0. The van der Waals surface area contributed by atoms with E-state index in [4.69, 9.17) is 11.6 Å². The Bertz CT molecular complexity index is 678. The van der Waals surface area contributed by atoms with Gasteiger partial charge in [0.1, 0.15) is 10.8 Å². The molecule has 7 nitrogen and oxygen atoms in total. The Morgan fingerprint density at radius 1 is 1.35 bits per heavy atom. The van der Waals surface area contributed by atoms with Gasteiger partial charge in [0.05, 0.1) is 23.0 Å². The van der Waals surface area contributed by atoms with Crippen LogP contribution >= 0.6 is 27.5 Å². The molecular weight excluding hydrogens is 352 g/mol. The summed E-state index contributed by atoms with van der Waals surface area (Å²) in [5.74, 6) is -0.546. The molecule has 0 radical (unpaired) electrons. The van der Waals surface area contributed by atoms with Crippen molar-refractivity contribution in [1.29, 1.82) is 0 Å². The Morgan fingerprint density at radius 3 is 2.70 bits per heavy atom. The number of nitrogens with one attached hydrogen (secondary N) is 1. The predicted octanol–water partition coefficient (Wildman–Crippen LogP) is 3.05. The molecule has 0 fully saturated rings. The number of halogens is 2. The largest absolute Gasteiger partial charge is 0.319 e. The monoisotopic (exact) mass is 356 g/mol. The molecule has 0 aliphatic heterocycles. The number of nitro benzene ring substituents is 1. The maximum atomic E-state index is 11.9. The van der Waals surface area contributed by atoms with E-state index < -0.39 is 10.8 Å². The Kier molecular flexibility index (Phi) is 4.26. The summed E-state index contributed by atoms with van der Waals surface area (Å²) < 4.78 is 0.512. The zero-order valence-electron chi connectivity index (χ0n) is 9.71. The Labute approximate surface area is 126 Å². The molecule has 0 saturated heterocycles. The van der Waals surface area contributed by atoms with Crippen LogP contribution in [0.2, 0.25) is 5.15 Å². The minimum Gasteiger partial charge on any atom is -0.319 e. The molecule has 20 heavy (non-hydrogen) atoms. The highest BCUT2D eigenvalue weighted by Gasteiger charge is 2.14. The lowest BCUT2D eigenvalue weighted by atomic mass is 10.2. The van der Waals surface area contributed by atoms with Gasteiger partial charge in [-0.15, -0.1) is 0 Å². The Morgan fingerprint density at radius 2 is 2.10 bits per heavy atom. The summed E-state index contributed by atoms with van der Waals surface area (Å²) in [5, 5.41) is 13.4. The Balaban J connectivity index is 2.25. The molecule has 2 rings (SSSR count). The van der Waals surface area contributed by atoms with Crippen LogP contribution in [0, 0.1) is 10.1 Å². The fourth-order valence-corrected chi connectivity index (χ4v) is 1.78. The van der Waals surface area contributed by atoms with Crippen molar-refractivity contribution in [2.45, 2.75) is 0 Å². The quantitative estimate of drug-likeness (QED) is 0.672. The summed E-state index contributed by atoms with van der Waals surface area (Å²) in [5.41, 5.74) is 0.180. The number of hydrogen-bond acceptors (Lipinski definition) is 5. The SMILES string of the molecule is O=C(Nc1cc([N+](=O)[O-])ccc1Br)c1cnc(Cl)cn1. The van der Waals surface area contributed by atoms with Crippen LogP contribution in [-0.4, -0.2) is 20.8 Å². The van der Waals surface area contributed by atoms with Gasteiger partial charge in [0.25, 0.3) is 11.6 Å². The maximum absolute atomic E-state index is 11.9. The zero-order chi connectivity index (χ0) is 14.7. The van der Waals surface area contributed by atoms with Gasteiger partial charge in [0, 0.05) is 16.6 Å². The van der Waals surface area contributed by atoms with Crippen LogP contribution in [0.4, 0.5) is 11.4 Å². The van der Waals surface area contributed by atoms with E-state index in [1.807, 2.05) is 0 Å². The molecule has 1 amide bonds. The number of aromatic nitrogens is 2. The van der Waals surface area contributed by atoms with Crippen LogP contribution in [0.25, 0.3) is 0 Å². The van der Waals surface area contributed by atoms with Gasteiger partial charge >= 0.3 is 0 Å². The molecule has 0 saturated carbocycles. The van der Waals surface area contributed by atoms with Gasteiger partial charge in [-0.05, 0) is 22.0 Å². The summed E-state index contributed by atoms with van der Waals surface area (Å²) in [4.78, 5) is 29.6. The lowest BCUT2D eigenvalue weighted by molar-refractivity contribution is -0.384. The maximum Gasteiger partial charge on any atom is 0.275 e. The lowest BCUT2D eigenvalue weighted by Gasteiger charge is -2.06. The number of non-ortho nitro benzene ring substituents is 1. The highest BCUT2D eigenvalue weighted by atomic mass is 79.9. The van der Waals surface area contributed by atoms with Crippen molar-refractivity contribution in [3.63, 3.8) is 0 Å². The van der Waals surface area contributed by atoms with Crippen LogP contribution < -0.4 is 5.32 Å². The van der Waals surface area contributed by atoms with E-state index in [0.29, 0.717) is 4.47 Å². The molecule has 0 spiro atoms. The van der Waals surface area contributed by atoms with Crippen LogP contribution in [0.5, 0.6) is 0 Å². The molecule has 2 aromatic rings. The van der Waals surface area contributed by atoms with Gasteiger partial charge in [0.2, 0.25) is 0 Å². The first-order valence-corrected chi connectivity index (χ1v) is 6.37. The zero-order valence-corrected chi connectivity index (χ0v) is 12.1. The average Bonchev–Trinajstić information content (AvgIpc) is 2.41. The molecule has 0 unspecified atom stereocenters. The van der Waals surface area contributed by atoms with Gasteiger partial charge in [-0.1, -0.05) is 11.6 Å². The number of rotatable bonds is 3. The van der Waals surface area contributed by atoms with Crippen molar-refractivity contribution in [2.75, 3.05) is 5.32 Å². The van der Waals surface area contributed by atoms with Crippen LogP contribution in [0.3, 0.4) is 0 Å². The number of benzene rings is 1. The molecule has 1 aromatic carbocycles. The third-order valence-electron chi connectivity index (χ3n) is 2.26. The summed E-state index contributed by atoms with van der Waals surface area (Å²) in [6.45, 7) is 0. The molecular formula is C11H6BrClN4O3. The third-order valence-corrected chi connectivity index (χ3v) is 3.15. The Hall–Kier alpha value is -2.06. The number of nitrogens with zero attached hydrogens (tertiary/aromatic N) is 3. The molecule has 0 aliphatic carbocycles. The van der Waals surface area contributed by atoms with E-state index in [1.54, 1.807) is 0 Å². The summed E-state index contributed by atoms with van der Waals surface area (Å²) >= 11 is 8.77. The van der Waals surface area contributed by atoms with E-state index in [0.717, 1.165) is 0 Å². The molecule has 9 heteroatoms. The summed E-state index contributed by atoms with van der Waals surface area (Å²) in [6, 6.07) is 4.04. The third kappa shape index (κ3) is 3.28. The minimum atomic E-state index is -0.551. The van der Waals surface area contributed by atoms with Crippen molar-refractivity contribution in [3.8, 4) is 0 Å². The molecule has 102 valence electrons. The second kappa shape index (κ2) is 5.93. The molecule has 0 atom stereocenters. The van der Waals surface area contributed by atoms with Gasteiger partial charge in [0.15, 0.2) is 0 Å². The highest BCUT2D eigenvalue weighted by molar-refractivity contribution is 9.10. The van der Waals surface area contributed by atoms with Crippen LogP contribution in [0.1, 0.15) is 10.5 Å². The minimum absolute atomic E-state index is 0.0489. The standard InChI is InChI=1S/C11H6BrClN4O3/c12-7-2-1-6(17(19)20)3-8(7)16-11(18)9-4-15-10(13)5-14-9/h1-5H,(H,16,18). The molecule has 0 bridgehead atoms. The first kappa shape index (κ1) is 14.4.